The van der Waals surface area contributed by atoms with Crippen LogP contribution in [0.4, 0.5) is 5.82 Å². The molecule has 0 spiro atoms. The quantitative estimate of drug-likeness (QED) is 0.764. The summed E-state index contributed by atoms with van der Waals surface area (Å²) in [6.07, 6.45) is 10.4. The van der Waals surface area contributed by atoms with Crippen LogP contribution in [0.25, 0.3) is 0 Å². The average Bonchev–Trinajstić information content (AvgIpc) is 2.47. The van der Waals surface area contributed by atoms with Crippen LogP contribution in [0.1, 0.15) is 44.1 Å². The van der Waals surface area contributed by atoms with Crippen molar-refractivity contribution >= 4 is 21.7 Å². The van der Waals surface area contributed by atoms with Crippen molar-refractivity contribution in [2.75, 3.05) is 11.4 Å². The van der Waals surface area contributed by atoms with Crippen molar-refractivity contribution in [1.82, 2.24) is 4.98 Å². The van der Waals surface area contributed by atoms with Crippen molar-refractivity contribution in [1.29, 1.82) is 0 Å². The molecule has 0 N–H and O–H groups in total. The Morgan fingerprint density at radius 2 is 2.00 bits per heavy atom. The molecule has 0 bridgehead atoms. The van der Waals surface area contributed by atoms with E-state index >= 15 is 0 Å². The number of rotatable bonds is 2. The highest BCUT2D eigenvalue weighted by molar-refractivity contribution is 9.08. The zero-order chi connectivity index (χ0) is 12.4. The van der Waals surface area contributed by atoms with Crippen LogP contribution in [0.3, 0.4) is 0 Å². The van der Waals surface area contributed by atoms with Gasteiger partial charge < -0.3 is 4.90 Å². The lowest BCUT2D eigenvalue weighted by atomic mass is 9.78. The molecule has 2 unspecified atom stereocenters. The third-order valence-electron chi connectivity index (χ3n) is 4.50. The van der Waals surface area contributed by atoms with Gasteiger partial charge in [0.15, 0.2) is 0 Å². The third-order valence-corrected chi connectivity index (χ3v) is 5.15. The SMILES string of the molecule is BrCc1ccc(N2CCCC3CCCCC32)nc1. The van der Waals surface area contributed by atoms with Crippen LogP contribution in [0.2, 0.25) is 0 Å². The molecule has 1 aromatic rings. The molecule has 18 heavy (non-hydrogen) atoms. The second-order valence-electron chi connectivity index (χ2n) is 5.61. The smallest absolute Gasteiger partial charge is 0.128 e. The summed E-state index contributed by atoms with van der Waals surface area (Å²) in [7, 11) is 0. The number of anilines is 1. The molecule has 2 nitrogen and oxygen atoms in total. The van der Waals surface area contributed by atoms with Gasteiger partial charge >= 0.3 is 0 Å². The first kappa shape index (κ1) is 12.5. The fourth-order valence-corrected chi connectivity index (χ4v) is 3.91. The van der Waals surface area contributed by atoms with Gasteiger partial charge in [-0.2, -0.15) is 0 Å². The Hall–Kier alpha value is -0.570. The van der Waals surface area contributed by atoms with E-state index in [1.54, 1.807) is 0 Å². The number of fused-ring (bicyclic) bond motifs is 1. The number of aromatic nitrogens is 1. The van der Waals surface area contributed by atoms with Crippen LogP contribution in [0.15, 0.2) is 18.3 Å². The van der Waals surface area contributed by atoms with E-state index in [4.69, 9.17) is 0 Å². The van der Waals surface area contributed by atoms with E-state index in [1.807, 2.05) is 6.20 Å². The van der Waals surface area contributed by atoms with Crippen molar-refractivity contribution in [3.8, 4) is 0 Å². The standard InChI is InChI=1S/C15H21BrN2/c16-10-12-7-8-15(17-11-12)18-9-3-5-13-4-1-2-6-14(13)18/h7-8,11,13-14H,1-6,9-10H2. The van der Waals surface area contributed by atoms with Gasteiger partial charge in [-0.05, 0) is 43.2 Å². The molecule has 1 saturated carbocycles. The maximum Gasteiger partial charge on any atom is 0.128 e. The normalized spacial score (nSPS) is 27.9. The van der Waals surface area contributed by atoms with Crippen molar-refractivity contribution < 1.29 is 0 Å². The molecule has 1 aliphatic heterocycles. The predicted molar refractivity (Wildman–Crippen MR) is 79.2 cm³/mol. The van der Waals surface area contributed by atoms with Gasteiger partial charge in [-0.3, -0.25) is 0 Å². The van der Waals surface area contributed by atoms with Crippen molar-refractivity contribution in [3.05, 3.63) is 23.9 Å². The molecular weight excluding hydrogens is 288 g/mol. The van der Waals surface area contributed by atoms with E-state index in [-0.39, 0.29) is 0 Å². The van der Waals surface area contributed by atoms with Crippen LogP contribution in [0, 0.1) is 5.92 Å². The molecule has 3 rings (SSSR count). The molecule has 3 heteroatoms. The van der Waals surface area contributed by atoms with Gasteiger partial charge in [0, 0.05) is 24.1 Å². The molecule has 0 radical (unpaired) electrons. The van der Waals surface area contributed by atoms with Crippen LogP contribution in [-0.2, 0) is 5.33 Å². The van der Waals surface area contributed by atoms with Gasteiger partial charge in [-0.25, -0.2) is 4.98 Å². The summed E-state index contributed by atoms with van der Waals surface area (Å²) in [6.45, 7) is 1.20. The summed E-state index contributed by atoms with van der Waals surface area (Å²) < 4.78 is 0. The zero-order valence-corrected chi connectivity index (χ0v) is 12.4. The van der Waals surface area contributed by atoms with Gasteiger partial charge in [0.2, 0.25) is 0 Å². The van der Waals surface area contributed by atoms with Crippen molar-refractivity contribution in [2.24, 2.45) is 5.92 Å². The lowest BCUT2D eigenvalue weighted by Gasteiger charge is -2.44. The molecule has 1 saturated heterocycles. The minimum absolute atomic E-state index is 0.759. The molecule has 2 aliphatic rings. The Kier molecular flexibility index (Phi) is 3.88. The summed E-state index contributed by atoms with van der Waals surface area (Å²) in [6, 6.07) is 5.16. The predicted octanol–water partition coefficient (Wildman–Crippen LogP) is 4.14. The van der Waals surface area contributed by atoms with Gasteiger partial charge in [0.05, 0.1) is 0 Å². The summed E-state index contributed by atoms with van der Waals surface area (Å²) in [5.41, 5.74) is 1.26. The van der Waals surface area contributed by atoms with Crippen LogP contribution in [-0.4, -0.2) is 17.6 Å². The molecule has 2 fully saturated rings. The van der Waals surface area contributed by atoms with Gasteiger partial charge in [-0.1, -0.05) is 34.8 Å². The summed E-state index contributed by atoms with van der Waals surface area (Å²) in [5, 5.41) is 0.895. The summed E-state index contributed by atoms with van der Waals surface area (Å²) in [4.78, 5) is 7.23. The fraction of sp³-hybridized carbons (Fsp3) is 0.667. The molecule has 0 amide bonds. The topological polar surface area (TPSA) is 16.1 Å². The second kappa shape index (κ2) is 5.60. The second-order valence-corrected chi connectivity index (χ2v) is 6.17. The first-order valence-electron chi connectivity index (χ1n) is 7.16. The highest BCUT2D eigenvalue weighted by Crippen LogP contribution is 2.37. The molecular formula is C15H21BrN2. The number of halogens is 1. The van der Waals surface area contributed by atoms with Gasteiger partial charge in [0.1, 0.15) is 5.82 Å². The van der Waals surface area contributed by atoms with E-state index < -0.39 is 0 Å². The molecule has 1 aliphatic carbocycles. The molecule has 98 valence electrons. The van der Waals surface area contributed by atoms with Crippen molar-refractivity contribution in [2.45, 2.75) is 49.9 Å². The fourth-order valence-electron chi connectivity index (χ4n) is 3.57. The highest BCUT2D eigenvalue weighted by Gasteiger charge is 2.33. The maximum atomic E-state index is 4.66. The first-order valence-corrected chi connectivity index (χ1v) is 8.28. The molecule has 2 heterocycles. The largest absolute Gasteiger partial charge is 0.353 e. The number of hydrogen-bond acceptors (Lipinski definition) is 2. The number of nitrogens with zero attached hydrogens (tertiary/aromatic N) is 2. The lowest BCUT2D eigenvalue weighted by Crippen LogP contribution is -2.47. The maximum absolute atomic E-state index is 4.66. The molecule has 1 aromatic heterocycles. The summed E-state index contributed by atoms with van der Waals surface area (Å²) in [5.74, 6) is 2.11. The van der Waals surface area contributed by atoms with Crippen LogP contribution < -0.4 is 4.90 Å². The number of alkyl halides is 1. The zero-order valence-electron chi connectivity index (χ0n) is 10.8. The van der Waals surface area contributed by atoms with E-state index in [9.17, 15) is 0 Å². The molecule has 0 aromatic carbocycles. The Morgan fingerprint density at radius 1 is 1.17 bits per heavy atom. The Labute approximate surface area is 118 Å². The van der Waals surface area contributed by atoms with E-state index in [2.05, 4.69) is 37.9 Å². The third kappa shape index (κ3) is 2.42. The van der Waals surface area contributed by atoms with E-state index in [1.165, 1.54) is 56.5 Å². The number of piperidine rings is 1. The average molecular weight is 309 g/mol. The molecule has 2 atom stereocenters. The lowest BCUT2D eigenvalue weighted by molar-refractivity contribution is 0.243. The monoisotopic (exact) mass is 308 g/mol. The summed E-state index contributed by atoms with van der Waals surface area (Å²) >= 11 is 3.48. The number of hydrogen-bond donors (Lipinski definition) is 0. The van der Waals surface area contributed by atoms with Crippen LogP contribution in [0.5, 0.6) is 0 Å². The van der Waals surface area contributed by atoms with Gasteiger partial charge in [-0.15, -0.1) is 0 Å². The Balaban J connectivity index is 1.80. The number of pyridine rings is 1. The minimum Gasteiger partial charge on any atom is -0.353 e. The Bertz CT molecular complexity index is 388. The Morgan fingerprint density at radius 3 is 2.78 bits per heavy atom. The van der Waals surface area contributed by atoms with Crippen LogP contribution >= 0.6 is 15.9 Å². The highest BCUT2D eigenvalue weighted by atomic mass is 79.9. The van der Waals surface area contributed by atoms with E-state index in [0.717, 1.165) is 17.3 Å². The van der Waals surface area contributed by atoms with Gasteiger partial charge in [0.25, 0.3) is 0 Å². The van der Waals surface area contributed by atoms with Crippen molar-refractivity contribution in [3.63, 3.8) is 0 Å². The minimum atomic E-state index is 0.759. The van der Waals surface area contributed by atoms with E-state index in [0.29, 0.717) is 0 Å². The first-order chi connectivity index (χ1) is 8.88.